The van der Waals surface area contributed by atoms with E-state index in [4.69, 9.17) is 10.2 Å². The predicted octanol–water partition coefficient (Wildman–Crippen LogP) is 5.80. The summed E-state index contributed by atoms with van der Waals surface area (Å²) in [6.07, 6.45) is 16.7. The molecule has 3 heteroatoms. The molecule has 0 aromatic carbocycles. The van der Waals surface area contributed by atoms with Gasteiger partial charge < -0.3 is 10.2 Å². The van der Waals surface area contributed by atoms with Gasteiger partial charge in [0, 0.05) is 0 Å². The largest absolute Gasteiger partial charge is 0.394 e. The molecule has 0 spiro atoms. The van der Waals surface area contributed by atoms with Crippen LogP contribution in [0.15, 0.2) is 0 Å². The van der Waals surface area contributed by atoms with E-state index in [0.29, 0.717) is 0 Å². The standard InChI is InChI=1S/C16H34S.C3H8O2/c1-3-5-7-9-11-13-15-17-16-14-12-10-8-6-4-2;1-3(5)2-4/h3-16H2,1-2H3;3-5H,2H2,1H3. The molecule has 0 saturated heterocycles. The number of aliphatic hydroxyl groups is 2. The first-order valence-corrected chi connectivity index (χ1v) is 10.7. The monoisotopic (exact) mass is 334 g/mol. The van der Waals surface area contributed by atoms with Gasteiger partial charge in [0.05, 0.1) is 12.7 Å². The molecule has 2 N–H and O–H groups in total. The average Bonchev–Trinajstić information content (AvgIpc) is 2.52. The van der Waals surface area contributed by atoms with E-state index in [2.05, 4.69) is 25.6 Å². The van der Waals surface area contributed by atoms with Gasteiger partial charge in [-0.2, -0.15) is 11.8 Å². The van der Waals surface area contributed by atoms with Crippen LogP contribution in [0.2, 0.25) is 0 Å². The summed E-state index contributed by atoms with van der Waals surface area (Å²) >= 11 is 2.18. The number of rotatable bonds is 15. The first-order chi connectivity index (χ1) is 10.7. The fourth-order valence-electron chi connectivity index (χ4n) is 2.07. The molecule has 0 rings (SSSR count). The van der Waals surface area contributed by atoms with Crippen LogP contribution in [-0.4, -0.2) is 34.4 Å². The van der Waals surface area contributed by atoms with Crippen molar-refractivity contribution in [3.05, 3.63) is 0 Å². The minimum absolute atomic E-state index is 0.139. The molecule has 0 aliphatic rings. The first-order valence-electron chi connectivity index (χ1n) is 9.55. The number of hydrogen-bond donors (Lipinski definition) is 2. The van der Waals surface area contributed by atoms with Crippen molar-refractivity contribution in [2.24, 2.45) is 0 Å². The molecular weight excluding hydrogens is 292 g/mol. The molecular formula is C19H42O2S. The molecule has 0 saturated carbocycles. The Morgan fingerprint density at radius 2 is 1.00 bits per heavy atom. The summed E-state index contributed by atoms with van der Waals surface area (Å²) < 4.78 is 0. The summed E-state index contributed by atoms with van der Waals surface area (Å²) in [7, 11) is 0. The Morgan fingerprint density at radius 1 is 0.682 bits per heavy atom. The third-order valence-corrected chi connectivity index (χ3v) is 4.70. The minimum Gasteiger partial charge on any atom is -0.394 e. The maximum atomic E-state index is 8.11. The van der Waals surface area contributed by atoms with Crippen LogP contribution in [0.1, 0.15) is 97.8 Å². The third kappa shape index (κ3) is 28.4. The fourth-order valence-corrected chi connectivity index (χ4v) is 3.09. The molecule has 2 nitrogen and oxygen atoms in total. The minimum atomic E-state index is -0.560. The second kappa shape index (κ2) is 23.5. The zero-order valence-electron chi connectivity index (χ0n) is 15.5. The van der Waals surface area contributed by atoms with Crippen LogP contribution < -0.4 is 0 Å². The van der Waals surface area contributed by atoms with Crippen LogP contribution in [0.4, 0.5) is 0 Å². The van der Waals surface area contributed by atoms with Gasteiger partial charge in [0.2, 0.25) is 0 Å². The summed E-state index contributed by atoms with van der Waals surface area (Å²) in [5, 5.41) is 16.0. The average molecular weight is 335 g/mol. The van der Waals surface area contributed by atoms with Gasteiger partial charge in [-0.3, -0.25) is 0 Å². The van der Waals surface area contributed by atoms with E-state index < -0.39 is 6.10 Å². The van der Waals surface area contributed by atoms with Crippen molar-refractivity contribution in [2.75, 3.05) is 18.1 Å². The van der Waals surface area contributed by atoms with Crippen LogP contribution in [0.5, 0.6) is 0 Å². The van der Waals surface area contributed by atoms with E-state index in [-0.39, 0.29) is 6.61 Å². The molecule has 0 aromatic rings. The SMILES string of the molecule is CC(O)CO.CCCCCCCCSCCCCCCCC. The van der Waals surface area contributed by atoms with Crippen molar-refractivity contribution in [2.45, 2.75) is 104 Å². The molecule has 0 aliphatic carbocycles. The van der Waals surface area contributed by atoms with Crippen molar-refractivity contribution in [1.82, 2.24) is 0 Å². The van der Waals surface area contributed by atoms with Gasteiger partial charge in [-0.1, -0.05) is 78.1 Å². The Bertz CT molecular complexity index is 161. The lowest BCUT2D eigenvalue weighted by atomic mass is 10.1. The van der Waals surface area contributed by atoms with E-state index in [0.717, 1.165) is 0 Å². The Hall–Kier alpha value is 0.270. The Balaban J connectivity index is 0. The molecule has 0 radical (unpaired) electrons. The van der Waals surface area contributed by atoms with E-state index >= 15 is 0 Å². The van der Waals surface area contributed by atoms with Crippen molar-refractivity contribution in [3.63, 3.8) is 0 Å². The molecule has 1 atom stereocenters. The van der Waals surface area contributed by atoms with Crippen LogP contribution >= 0.6 is 11.8 Å². The molecule has 0 aromatic heterocycles. The van der Waals surface area contributed by atoms with Gasteiger partial charge in [-0.05, 0) is 31.3 Å². The highest BCUT2D eigenvalue weighted by molar-refractivity contribution is 7.99. The summed E-state index contributed by atoms with van der Waals surface area (Å²) in [6, 6.07) is 0. The quantitative estimate of drug-likeness (QED) is 0.372. The zero-order valence-corrected chi connectivity index (χ0v) is 16.3. The maximum Gasteiger partial charge on any atom is 0.0742 e. The molecule has 0 heterocycles. The molecule has 0 bridgehead atoms. The van der Waals surface area contributed by atoms with Crippen molar-refractivity contribution in [3.8, 4) is 0 Å². The Morgan fingerprint density at radius 3 is 1.32 bits per heavy atom. The van der Waals surface area contributed by atoms with Crippen LogP contribution in [0.3, 0.4) is 0 Å². The second-order valence-corrected chi connectivity index (χ2v) is 7.40. The Kier molecular flexibility index (Phi) is 26.2. The van der Waals surface area contributed by atoms with Gasteiger partial charge in [0.1, 0.15) is 0 Å². The van der Waals surface area contributed by atoms with Gasteiger partial charge in [-0.25, -0.2) is 0 Å². The zero-order chi connectivity index (χ0) is 16.9. The van der Waals surface area contributed by atoms with Crippen LogP contribution in [0, 0.1) is 0 Å². The van der Waals surface area contributed by atoms with Gasteiger partial charge in [0.25, 0.3) is 0 Å². The van der Waals surface area contributed by atoms with Gasteiger partial charge in [0.15, 0.2) is 0 Å². The maximum absolute atomic E-state index is 8.11. The van der Waals surface area contributed by atoms with Crippen molar-refractivity contribution < 1.29 is 10.2 Å². The van der Waals surface area contributed by atoms with Gasteiger partial charge >= 0.3 is 0 Å². The van der Waals surface area contributed by atoms with E-state index in [1.165, 1.54) is 95.5 Å². The van der Waals surface area contributed by atoms with Crippen LogP contribution in [0.25, 0.3) is 0 Å². The number of hydrogen-bond acceptors (Lipinski definition) is 3. The van der Waals surface area contributed by atoms with Crippen molar-refractivity contribution >= 4 is 11.8 Å². The highest BCUT2D eigenvalue weighted by Crippen LogP contribution is 2.13. The van der Waals surface area contributed by atoms with Gasteiger partial charge in [-0.15, -0.1) is 0 Å². The van der Waals surface area contributed by atoms with E-state index in [9.17, 15) is 0 Å². The Labute approximate surface area is 144 Å². The summed E-state index contributed by atoms with van der Waals surface area (Å²) in [5.74, 6) is 2.81. The molecule has 0 fully saturated rings. The normalized spacial score (nSPS) is 11.9. The second-order valence-electron chi connectivity index (χ2n) is 6.18. The number of unbranched alkanes of at least 4 members (excludes halogenated alkanes) is 10. The van der Waals surface area contributed by atoms with Crippen molar-refractivity contribution in [1.29, 1.82) is 0 Å². The number of thioether (sulfide) groups is 1. The molecule has 0 aliphatic heterocycles. The summed E-state index contributed by atoms with van der Waals surface area (Å²) in [6.45, 7) is 5.97. The summed E-state index contributed by atoms with van der Waals surface area (Å²) in [4.78, 5) is 0. The highest BCUT2D eigenvalue weighted by Gasteiger charge is 1.93. The topological polar surface area (TPSA) is 40.5 Å². The lowest BCUT2D eigenvalue weighted by molar-refractivity contribution is 0.110. The smallest absolute Gasteiger partial charge is 0.0742 e. The number of aliphatic hydroxyl groups excluding tert-OH is 2. The predicted molar refractivity (Wildman–Crippen MR) is 103 cm³/mol. The fraction of sp³-hybridized carbons (Fsp3) is 1.00. The van der Waals surface area contributed by atoms with E-state index in [1.54, 1.807) is 0 Å². The lowest BCUT2D eigenvalue weighted by Crippen LogP contribution is -2.03. The van der Waals surface area contributed by atoms with Crippen LogP contribution in [-0.2, 0) is 0 Å². The first kappa shape index (κ1) is 24.5. The lowest BCUT2D eigenvalue weighted by Gasteiger charge is -2.02. The highest BCUT2D eigenvalue weighted by atomic mass is 32.2. The summed E-state index contributed by atoms with van der Waals surface area (Å²) in [5.41, 5.74) is 0. The third-order valence-electron chi connectivity index (χ3n) is 3.55. The molecule has 0 amide bonds. The molecule has 22 heavy (non-hydrogen) atoms. The molecule has 1 unspecified atom stereocenters. The van der Waals surface area contributed by atoms with E-state index in [1.807, 2.05) is 0 Å². The molecule has 136 valence electrons.